The molecule has 0 spiro atoms. The van der Waals surface area contributed by atoms with Gasteiger partial charge in [0, 0.05) is 17.2 Å². The molecule has 4 aromatic rings. The summed E-state index contributed by atoms with van der Waals surface area (Å²) in [5.74, 6) is 3.49. The summed E-state index contributed by atoms with van der Waals surface area (Å²) in [6.07, 6.45) is 1.33. The van der Waals surface area contributed by atoms with Crippen LogP contribution in [0.15, 0.2) is 89.8 Å². The predicted molar refractivity (Wildman–Crippen MR) is 163 cm³/mol. The van der Waals surface area contributed by atoms with E-state index in [9.17, 15) is 4.79 Å². The van der Waals surface area contributed by atoms with E-state index in [-0.39, 0.29) is 11.9 Å². The molecule has 0 fully saturated rings. The van der Waals surface area contributed by atoms with E-state index in [1.165, 1.54) is 5.56 Å². The van der Waals surface area contributed by atoms with Crippen LogP contribution in [0.2, 0.25) is 0 Å². The number of methoxy groups -OCH3 is 4. The molecule has 4 aromatic carbocycles. The highest BCUT2D eigenvalue weighted by molar-refractivity contribution is 7.98. The van der Waals surface area contributed by atoms with Crippen molar-refractivity contribution in [1.82, 2.24) is 4.90 Å². The summed E-state index contributed by atoms with van der Waals surface area (Å²) in [6, 6.07) is 28.0. The highest BCUT2D eigenvalue weighted by Crippen LogP contribution is 2.41. The van der Waals surface area contributed by atoms with Gasteiger partial charge in [0.15, 0.2) is 23.0 Å². The van der Waals surface area contributed by atoms with Crippen LogP contribution in [-0.2, 0) is 18.6 Å². The molecule has 1 amide bonds. The molecule has 1 unspecified atom stereocenters. The van der Waals surface area contributed by atoms with Gasteiger partial charge in [-0.05, 0) is 71.5 Å². The molecular formula is C34H35NO5S. The second kappa shape index (κ2) is 13.0. The Morgan fingerprint density at radius 3 is 2.15 bits per heavy atom. The lowest BCUT2D eigenvalue weighted by atomic mass is 9.87. The van der Waals surface area contributed by atoms with E-state index in [0.717, 1.165) is 39.3 Å². The Kier molecular flexibility index (Phi) is 9.04. The molecule has 1 heterocycles. The molecule has 0 aliphatic carbocycles. The molecule has 1 aliphatic heterocycles. The molecule has 1 aliphatic rings. The Morgan fingerprint density at radius 1 is 0.756 bits per heavy atom. The van der Waals surface area contributed by atoms with Crippen LogP contribution in [0.3, 0.4) is 0 Å². The number of thioether (sulfide) groups is 1. The van der Waals surface area contributed by atoms with Gasteiger partial charge in [0.25, 0.3) is 5.91 Å². The number of carbonyl (C=O) groups excluding carboxylic acids is 1. The molecule has 1 atom stereocenters. The number of rotatable bonds is 10. The van der Waals surface area contributed by atoms with Crippen molar-refractivity contribution in [2.24, 2.45) is 0 Å². The minimum atomic E-state index is -0.212. The number of fused-ring (bicyclic) bond motifs is 1. The molecule has 0 N–H and O–H groups in total. The predicted octanol–water partition coefficient (Wildman–Crippen LogP) is 7.00. The van der Waals surface area contributed by atoms with Crippen molar-refractivity contribution in [3.05, 3.63) is 113 Å². The van der Waals surface area contributed by atoms with Gasteiger partial charge in [-0.25, -0.2) is 0 Å². The van der Waals surface area contributed by atoms with Gasteiger partial charge in [0.1, 0.15) is 0 Å². The Hall–Kier alpha value is -4.10. The van der Waals surface area contributed by atoms with E-state index in [1.807, 2.05) is 77.7 Å². The molecule has 7 heteroatoms. The summed E-state index contributed by atoms with van der Waals surface area (Å²) in [7, 11) is 6.55. The lowest BCUT2D eigenvalue weighted by Crippen LogP contribution is -2.41. The first-order valence-electron chi connectivity index (χ1n) is 13.6. The van der Waals surface area contributed by atoms with E-state index >= 15 is 0 Å². The number of ether oxygens (including phenoxy) is 4. The third-order valence-electron chi connectivity index (χ3n) is 7.50. The fraction of sp³-hybridized carbons (Fsp3) is 0.265. The number of carbonyl (C=O) groups is 1. The number of benzene rings is 4. The van der Waals surface area contributed by atoms with Crippen molar-refractivity contribution >= 4 is 17.7 Å². The molecule has 0 saturated heterocycles. The summed E-state index contributed by atoms with van der Waals surface area (Å²) in [6.45, 7) is 0.594. The van der Waals surface area contributed by atoms with Gasteiger partial charge >= 0.3 is 0 Å². The normalized spacial score (nSPS) is 14.2. The second-order valence-electron chi connectivity index (χ2n) is 9.83. The average Bonchev–Trinajstić information content (AvgIpc) is 3.03. The molecule has 212 valence electrons. The van der Waals surface area contributed by atoms with Gasteiger partial charge in [-0.15, -0.1) is 11.8 Å². The van der Waals surface area contributed by atoms with Gasteiger partial charge in [-0.2, -0.15) is 0 Å². The maximum atomic E-state index is 14.4. The lowest BCUT2D eigenvalue weighted by molar-refractivity contribution is 0.0656. The SMILES string of the molecule is COc1ccc(CC2c3cc(OC)c(OC)cc3CCN2C(=O)c2ccccc2SCc2ccccc2)cc1OC. The van der Waals surface area contributed by atoms with Gasteiger partial charge in [0.2, 0.25) is 0 Å². The second-order valence-corrected chi connectivity index (χ2v) is 10.9. The van der Waals surface area contributed by atoms with Gasteiger partial charge in [-0.1, -0.05) is 48.5 Å². The smallest absolute Gasteiger partial charge is 0.255 e. The molecule has 0 radical (unpaired) electrons. The lowest BCUT2D eigenvalue weighted by Gasteiger charge is -2.38. The fourth-order valence-electron chi connectivity index (χ4n) is 5.38. The van der Waals surface area contributed by atoms with Crippen LogP contribution in [0.25, 0.3) is 0 Å². The zero-order valence-electron chi connectivity index (χ0n) is 23.9. The van der Waals surface area contributed by atoms with Crippen LogP contribution in [0.4, 0.5) is 0 Å². The first-order valence-corrected chi connectivity index (χ1v) is 14.6. The third kappa shape index (κ3) is 6.15. The molecule has 6 nitrogen and oxygen atoms in total. The summed E-state index contributed by atoms with van der Waals surface area (Å²) >= 11 is 1.69. The highest BCUT2D eigenvalue weighted by Gasteiger charge is 2.34. The topological polar surface area (TPSA) is 57.2 Å². The number of nitrogens with zero attached hydrogens (tertiary/aromatic N) is 1. The van der Waals surface area contributed by atoms with Crippen LogP contribution in [0.5, 0.6) is 23.0 Å². The average molecular weight is 570 g/mol. The molecule has 5 rings (SSSR count). The van der Waals surface area contributed by atoms with Crippen molar-refractivity contribution in [3.8, 4) is 23.0 Å². The van der Waals surface area contributed by atoms with E-state index in [4.69, 9.17) is 18.9 Å². The van der Waals surface area contributed by atoms with Crippen LogP contribution < -0.4 is 18.9 Å². The maximum Gasteiger partial charge on any atom is 0.255 e. The summed E-state index contributed by atoms with van der Waals surface area (Å²) in [5, 5.41) is 0. The Bertz CT molecular complexity index is 1510. The van der Waals surface area contributed by atoms with Crippen molar-refractivity contribution in [2.75, 3.05) is 35.0 Å². The third-order valence-corrected chi connectivity index (χ3v) is 8.64. The van der Waals surface area contributed by atoms with Gasteiger partial charge in [-0.3, -0.25) is 4.79 Å². The van der Waals surface area contributed by atoms with Crippen LogP contribution >= 0.6 is 11.8 Å². The Balaban J connectivity index is 1.52. The molecule has 41 heavy (non-hydrogen) atoms. The molecule has 0 bridgehead atoms. The highest BCUT2D eigenvalue weighted by atomic mass is 32.2. The standard InChI is InChI=1S/C34H35NO5S/c1-37-29-15-14-24(19-30(29)38-2)18-28-27-21-32(40-4)31(39-3)20-25(27)16-17-35(28)34(36)26-12-8-9-13-33(26)41-22-23-10-6-5-7-11-23/h5-15,19-21,28H,16-18,22H2,1-4H3. The van der Waals surface area contributed by atoms with Crippen LogP contribution in [-0.4, -0.2) is 45.8 Å². The van der Waals surface area contributed by atoms with E-state index in [1.54, 1.807) is 40.2 Å². The molecular weight excluding hydrogens is 534 g/mol. The monoisotopic (exact) mass is 569 g/mol. The van der Waals surface area contributed by atoms with Crippen molar-refractivity contribution in [1.29, 1.82) is 0 Å². The number of hydrogen-bond acceptors (Lipinski definition) is 6. The quantitative estimate of drug-likeness (QED) is 0.192. The minimum absolute atomic E-state index is 0.0204. The fourth-order valence-corrected chi connectivity index (χ4v) is 6.38. The minimum Gasteiger partial charge on any atom is -0.493 e. The summed E-state index contributed by atoms with van der Waals surface area (Å²) in [5.41, 5.74) is 5.20. The van der Waals surface area contributed by atoms with E-state index in [0.29, 0.717) is 36.0 Å². The Morgan fingerprint density at radius 2 is 1.41 bits per heavy atom. The zero-order valence-corrected chi connectivity index (χ0v) is 24.7. The largest absolute Gasteiger partial charge is 0.493 e. The molecule has 0 aromatic heterocycles. The molecule has 0 saturated carbocycles. The first-order chi connectivity index (χ1) is 20.1. The number of amides is 1. The Labute approximate surface area is 246 Å². The van der Waals surface area contributed by atoms with Crippen LogP contribution in [0.1, 0.15) is 38.7 Å². The van der Waals surface area contributed by atoms with Crippen LogP contribution in [0, 0.1) is 0 Å². The number of hydrogen-bond donors (Lipinski definition) is 0. The summed E-state index contributed by atoms with van der Waals surface area (Å²) in [4.78, 5) is 17.3. The first kappa shape index (κ1) is 28.4. The van der Waals surface area contributed by atoms with Crippen molar-refractivity contribution in [3.63, 3.8) is 0 Å². The van der Waals surface area contributed by atoms with Crippen molar-refractivity contribution in [2.45, 2.75) is 29.5 Å². The van der Waals surface area contributed by atoms with Gasteiger partial charge in [0.05, 0.1) is 40.0 Å². The zero-order chi connectivity index (χ0) is 28.8. The maximum absolute atomic E-state index is 14.4. The van der Waals surface area contributed by atoms with Crippen molar-refractivity contribution < 1.29 is 23.7 Å². The summed E-state index contributed by atoms with van der Waals surface area (Å²) < 4.78 is 22.3. The van der Waals surface area contributed by atoms with Gasteiger partial charge < -0.3 is 23.8 Å². The van der Waals surface area contributed by atoms with E-state index < -0.39 is 0 Å². The van der Waals surface area contributed by atoms with E-state index in [2.05, 4.69) is 12.1 Å².